The summed E-state index contributed by atoms with van der Waals surface area (Å²) in [7, 11) is 1.50. The number of aromatic nitrogens is 2. The molecule has 4 rings (SSSR count). The average Bonchev–Trinajstić information content (AvgIpc) is 3.18. The summed E-state index contributed by atoms with van der Waals surface area (Å²) in [5, 5.41) is 5.43. The van der Waals surface area contributed by atoms with Gasteiger partial charge in [0.2, 0.25) is 17.7 Å². The van der Waals surface area contributed by atoms with Crippen LogP contribution in [0.25, 0.3) is 0 Å². The first-order chi connectivity index (χ1) is 18.3. The molecular weight excluding hydrogens is 503 g/mol. The number of anilines is 4. The maximum atomic E-state index is 13.7. The maximum absolute atomic E-state index is 13.7. The summed E-state index contributed by atoms with van der Waals surface area (Å²) in [5.41, 5.74) is 0.546. The fourth-order valence-corrected chi connectivity index (χ4v) is 3.75. The Kier molecular flexibility index (Phi) is 8.31. The standard InChI is InChI=1S/C26H26F3N5O4/c1-3-23(35)31-17-6-4-7-19(14-17)38-24-20(26(27,28)29)16-30-25(33-24)32-21-9-8-18(15-22(21)36-2)34-10-5-12-37-13-11-34/h3-4,6-9,14-16H,1,5,10-13H2,2H3,(H,31,35)(H,30,32,33). The molecule has 1 saturated heterocycles. The SMILES string of the molecule is C=CC(=O)Nc1cccc(Oc2nc(Nc3ccc(N4CCCOCC4)cc3OC)ncc2C(F)(F)F)c1. The van der Waals surface area contributed by atoms with E-state index in [1.54, 1.807) is 12.1 Å². The van der Waals surface area contributed by atoms with E-state index in [2.05, 4.69) is 32.1 Å². The molecule has 1 amide bonds. The molecule has 12 heteroatoms. The zero-order valence-corrected chi connectivity index (χ0v) is 20.5. The van der Waals surface area contributed by atoms with E-state index in [9.17, 15) is 18.0 Å². The zero-order valence-electron chi connectivity index (χ0n) is 20.5. The highest BCUT2D eigenvalue weighted by atomic mass is 19.4. The highest BCUT2D eigenvalue weighted by Crippen LogP contribution is 2.38. The molecular formula is C26H26F3N5O4. The van der Waals surface area contributed by atoms with Crippen molar-refractivity contribution in [1.29, 1.82) is 0 Å². The lowest BCUT2D eigenvalue weighted by Gasteiger charge is -2.23. The summed E-state index contributed by atoms with van der Waals surface area (Å²) in [5.74, 6) is -0.814. The van der Waals surface area contributed by atoms with Gasteiger partial charge in [-0.2, -0.15) is 18.2 Å². The van der Waals surface area contributed by atoms with Gasteiger partial charge in [0.25, 0.3) is 0 Å². The second-order valence-electron chi connectivity index (χ2n) is 8.20. The third-order valence-corrected chi connectivity index (χ3v) is 5.58. The summed E-state index contributed by atoms with van der Waals surface area (Å²) in [6, 6.07) is 11.3. The van der Waals surface area contributed by atoms with Gasteiger partial charge in [0.1, 0.15) is 17.1 Å². The lowest BCUT2D eigenvalue weighted by atomic mass is 10.2. The number of alkyl halides is 3. The molecule has 0 spiro atoms. The molecule has 3 aromatic rings. The molecule has 1 aliphatic rings. The van der Waals surface area contributed by atoms with Gasteiger partial charge in [0.15, 0.2) is 0 Å². The first-order valence-corrected chi connectivity index (χ1v) is 11.7. The average molecular weight is 530 g/mol. The highest BCUT2D eigenvalue weighted by molar-refractivity contribution is 5.98. The number of nitrogens with zero attached hydrogens (tertiary/aromatic N) is 3. The Morgan fingerprint density at radius 1 is 1.18 bits per heavy atom. The van der Waals surface area contributed by atoms with Gasteiger partial charge in [-0.05, 0) is 36.8 Å². The molecule has 38 heavy (non-hydrogen) atoms. The molecule has 0 aliphatic carbocycles. The fourth-order valence-electron chi connectivity index (χ4n) is 3.75. The fraction of sp³-hybridized carbons (Fsp3) is 0.269. The van der Waals surface area contributed by atoms with Gasteiger partial charge in [0.05, 0.1) is 19.4 Å². The van der Waals surface area contributed by atoms with Crippen LogP contribution in [0.5, 0.6) is 17.4 Å². The molecule has 0 unspecified atom stereocenters. The minimum atomic E-state index is -4.77. The summed E-state index contributed by atoms with van der Waals surface area (Å²) in [4.78, 5) is 21.6. The summed E-state index contributed by atoms with van der Waals surface area (Å²) in [6.45, 7) is 6.25. The van der Waals surface area contributed by atoms with Crippen LogP contribution < -0.4 is 25.0 Å². The van der Waals surface area contributed by atoms with Crippen LogP contribution in [0.3, 0.4) is 0 Å². The number of carbonyl (C=O) groups is 1. The zero-order chi connectivity index (χ0) is 27.1. The van der Waals surface area contributed by atoms with Crippen molar-refractivity contribution in [3.8, 4) is 17.4 Å². The number of halogens is 3. The second kappa shape index (κ2) is 11.8. The smallest absolute Gasteiger partial charge is 0.423 e. The molecule has 9 nitrogen and oxygen atoms in total. The van der Waals surface area contributed by atoms with Gasteiger partial charge in [0, 0.05) is 49.4 Å². The molecule has 1 aromatic heterocycles. The van der Waals surface area contributed by atoms with Gasteiger partial charge >= 0.3 is 6.18 Å². The van der Waals surface area contributed by atoms with Crippen molar-refractivity contribution >= 4 is 28.9 Å². The van der Waals surface area contributed by atoms with Gasteiger partial charge in [-0.25, -0.2) is 4.98 Å². The van der Waals surface area contributed by atoms with Crippen LogP contribution in [-0.2, 0) is 15.7 Å². The Morgan fingerprint density at radius 3 is 2.79 bits per heavy atom. The number of amides is 1. The number of methoxy groups -OCH3 is 1. The van der Waals surface area contributed by atoms with Crippen molar-refractivity contribution in [2.75, 3.05) is 48.9 Å². The molecule has 2 heterocycles. The number of hydrogen-bond acceptors (Lipinski definition) is 8. The van der Waals surface area contributed by atoms with Gasteiger partial charge in [-0.3, -0.25) is 4.79 Å². The van der Waals surface area contributed by atoms with Crippen LogP contribution in [0, 0.1) is 0 Å². The van der Waals surface area contributed by atoms with Crippen LogP contribution in [0.4, 0.5) is 36.2 Å². The third-order valence-electron chi connectivity index (χ3n) is 5.58. The largest absolute Gasteiger partial charge is 0.494 e. The maximum Gasteiger partial charge on any atom is 0.423 e. The van der Waals surface area contributed by atoms with E-state index < -0.39 is 23.5 Å². The van der Waals surface area contributed by atoms with Crippen LogP contribution in [0.15, 0.2) is 61.3 Å². The molecule has 2 aromatic carbocycles. The van der Waals surface area contributed by atoms with Crippen molar-refractivity contribution in [2.45, 2.75) is 12.6 Å². The molecule has 1 aliphatic heterocycles. The van der Waals surface area contributed by atoms with E-state index >= 15 is 0 Å². The highest BCUT2D eigenvalue weighted by Gasteiger charge is 2.36. The molecule has 2 N–H and O–H groups in total. The number of hydrogen-bond donors (Lipinski definition) is 2. The van der Waals surface area contributed by atoms with Crippen molar-refractivity contribution in [3.05, 3.63) is 66.9 Å². The van der Waals surface area contributed by atoms with E-state index in [1.165, 1.54) is 25.3 Å². The van der Waals surface area contributed by atoms with Crippen molar-refractivity contribution in [1.82, 2.24) is 9.97 Å². The van der Waals surface area contributed by atoms with E-state index in [1.807, 2.05) is 12.1 Å². The predicted molar refractivity (Wildman–Crippen MR) is 136 cm³/mol. The van der Waals surface area contributed by atoms with Crippen molar-refractivity contribution in [2.24, 2.45) is 0 Å². The number of carbonyl (C=O) groups excluding carboxylic acids is 1. The van der Waals surface area contributed by atoms with Gasteiger partial charge in [-0.15, -0.1) is 0 Å². The van der Waals surface area contributed by atoms with Gasteiger partial charge < -0.3 is 29.7 Å². The summed E-state index contributed by atoms with van der Waals surface area (Å²) < 4.78 is 57.6. The minimum absolute atomic E-state index is 0.0328. The molecule has 200 valence electrons. The topological polar surface area (TPSA) is 97.8 Å². The van der Waals surface area contributed by atoms with Crippen LogP contribution in [-0.4, -0.2) is 49.3 Å². The first-order valence-electron chi connectivity index (χ1n) is 11.7. The Labute approximate surface area is 217 Å². The molecule has 1 fully saturated rings. The number of benzene rings is 2. The lowest BCUT2D eigenvalue weighted by Crippen LogP contribution is -2.25. The predicted octanol–water partition coefficient (Wildman–Crippen LogP) is 5.39. The number of rotatable bonds is 8. The minimum Gasteiger partial charge on any atom is -0.494 e. The summed E-state index contributed by atoms with van der Waals surface area (Å²) >= 11 is 0. The molecule has 0 atom stereocenters. The Hall–Kier alpha value is -4.32. The third kappa shape index (κ3) is 6.71. The number of ether oxygens (including phenoxy) is 3. The van der Waals surface area contributed by atoms with Crippen molar-refractivity contribution < 1.29 is 32.2 Å². The Bertz CT molecular complexity index is 1290. The monoisotopic (exact) mass is 529 g/mol. The van der Waals surface area contributed by atoms with E-state index in [4.69, 9.17) is 14.2 Å². The van der Waals surface area contributed by atoms with E-state index in [0.29, 0.717) is 36.5 Å². The molecule has 0 saturated carbocycles. The number of nitrogens with one attached hydrogen (secondary N) is 2. The lowest BCUT2D eigenvalue weighted by molar-refractivity contribution is -0.139. The Balaban J connectivity index is 1.60. The quantitative estimate of drug-likeness (QED) is 0.375. The van der Waals surface area contributed by atoms with E-state index in [0.717, 1.165) is 31.3 Å². The summed E-state index contributed by atoms with van der Waals surface area (Å²) in [6.07, 6.45) is -2.15. The van der Waals surface area contributed by atoms with Crippen LogP contribution in [0.1, 0.15) is 12.0 Å². The molecule has 0 radical (unpaired) electrons. The van der Waals surface area contributed by atoms with E-state index in [-0.39, 0.29) is 11.7 Å². The normalized spacial score (nSPS) is 13.8. The van der Waals surface area contributed by atoms with Crippen LogP contribution in [0.2, 0.25) is 0 Å². The Morgan fingerprint density at radius 2 is 2.03 bits per heavy atom. The van der Waals surface area contributed by atoms with Crippen molar-refractivity contribution in [3.63, 3.8) is 0 Å². The second-order valence-corrected chi connectivity index (χ2v) is 8.20. The van der Waals surface area contributed by atoms with Crippen LogP contribution >= 0.6 is 0 Å². The molecule has 0 bridgehead atoms. The van der Waals surface area contributed by atoms with Gasteiger partial charge in [-0.1, -0.05) is 12.6 Å². The first kappa shape index (κ1) is 26.7.